The molecule has 1 N–H and O–H groups in total. The monoisotopic (exact) mass is 238 g/mol. The van der Waals surface area contributed by atoms with Gasteiger partial charge in [-0.25, -0.2) is 0 Å². The summed E-state index contributed by atoms with van der Waals surface area (Å²) in [5.41, 5.74) is 0. The molecule has 0 bridgehead atoms. The van der Waals surface area contributed by atoms with Crippen LogP contribution in [0.3, 0.4) is 0 Å². The van der Waals surface area contributed by atoms with Crippen LogP contribution < -0.4 is 5.32 Å². The lowest BCUT2D eigenvalue weighted by atomic mass is 10.0. The van der Waals surface area contributed by atoms with Crippen molar-refractivity contribution in [3.63, 3.8) is 0 Å². The van der Waals surface area contributed by atoms with Crippen molar-refractivity contribution in [2.75, 3.05) is 19.6 Å². The number of hydrogen-bond donors (Lipinski definition) is 1. The maximum Gasteiger partial charge on any atom is 0.0221 e. The first kappa shape index (κ1) is 13.4. The van der Waals surface area contributed by atoms with Gasteiger partial charge in [-0.2, -0.15) is 0 Å². The van der Waals surface area contributed by atoms with Crippen molar-refractivity contribution in [1.82, 2.24) is 10.2 Å². The van der Waals surface area contributed by atoms with Crippen molar-refractivity contribution in [2.24, 2.45) is 11.8 Å². The van der Waals surface area contributed by atoms with Gasteiger partial charge in [0.2, 0.25) is 0 Å². The van der Waals surface area contributed by atoms with Gasteiger partial charge in [-0.15, -0.1) is 0 Å². The molecule has 0 aromatic rings. The summed E-state index contributed by atoms with van der Waals surface area (Å²) < 4.78 is 0. The van der Waals surface area contributed by atoms with Crippen molar-refractivity contribution in [2.45, 2.75) is 65.0 Å². The zero-order valence-electron chi connectivity index (χ0n) is 11.9. The first-order chi connectivity index (χ1) is 8.24. The van der Waals surface area contributed by atoms with E-state index in [0.717, 1.165) is 18.4 Å². The Bertz CT molecular complexity index is 207. The molecule has 2 atom stereocenters. The van der Waals surface area contributed by atoms with Gasteiger partial charge in [-0.05, 0) is 57.4 Å². The van der Waals surface area contributed by atoms with E-state index in [9.17, 15) is 0 Å². The summed E-state index contributed by atoms with van der Waals surface area (Å²) in [4.78, 5) is 2.78. The molecule has 2 aliphatic rings. The molecule has 2 saturated carbocycles. The molecule has 17 heavy (non-hydrogen) atoms. The Labute approximate surface area is 107 Å². The van der Waals surface area contributed by atoms with Gasteiger partial charge in [0.1, 0.15) is 0 Å². The molecule has 0 saturated heterocycles. The van der Waals surface area contributed by atoms with Gasteiger partial charge < -0.3 is 5.32 Å². The quantitative estimate of drug-likeness (QED) is 0.664. The van der Waals surface area contributed by atoms with Crippen LogP contribution in [0, 0.1) is 11.8 Å². The summed E-state index contributed by atoms with van der Waals surface area (Å²) >= 11 is 0. The van der Waals surface area contributed by atoms with Gasteiger partial charge in [-0.3, -0.25) is 4.90 Å². The highest BCUT2D eigenvalue weighted by molar-refractivity contribution is 4.88. The molecular weight excluding hydrogens is 208 g/mol. The summed E-state index contributed by atoms with van der Waals surface area (Å²) in [7, 11) is 0. The molecule has 2 rings (SSSR count). The molecule has 100 valence electrons. The first-order valence-electron chi connectivity index (χ1n) is 7.72. The van der Waals surface area contributed by atoms with Crippen molar-refractivity contribution in [3.8, 4) is 0 Å². The van der Waals surface area contributed by atoms with Gasteiger partial charge in [0.15, 0.2) is 0 Å². The second-order valence-electron chi connectivity index (χ2n) is 6.15. The fourth-order valence-corrected chi connectivity index (χ4v) is 2.84. The van der Waals surface area contributed by atoms with E-state index in [0.29, 0.717) is 12.1 Å². The van der Waals surface area contributed by atoms with Gasteiger partial charge in [-0.1, -0.05) is 13.8 Å². The normalized spacial score (nSPS) is 24.0. The van der Waals surface area contributed by atoms with Crippen LogP contribution in [0.5, 0.6) is 0 Å². The predicted octanol–water partition coefficient (Wildman–Crippen LogP) is 2.89. The lowest BCUT2D eigenvalue weighted by molar-refractivity contribution is 0.153. The highest BCUT2D eigenvalue weighted by Crippen LogP contribution is 2.34. The lowest BCUT2D eigenvalue weighted by Crippen LogP contribution is -2.49. The first-order valence-corrected chi connectivity index (χ1v) is 7.72. The average molecular weight is 238 g/mol. The second kappa shape index (κ2) is 6.19. The molecular formula is C15H30N2. The third-order valence-electron chi connectivity index (χ3n) is 4.44. The van der Waals surface area contributed by atoms with Crippen molar-refractivity contribution >= 4 is 0 Å². The number of rotatable bonds is 9. The van der Waals surface area contributed by atoms with Crippen LogP contribution in [0.4, 0.5) is 0 Å². The molecule has 0 amide bonds. The largest absolute Gasteiger partial charge is 0.313 e. The minimum Gasteiger partial charge on any atom is -0.313 e. The molecule has 0 heterocycles. The molecule has 0 aliphatic heterocycles. The van der Waals surface area contributed by atoms with Gasteiger partial charge in [0.05, 0.1) is 0 Å². The van der Waals surface area contributed by atoms with Crippen LogP contribution >= 0.6 is 0 Å². The number of nitrogens with one attached hydrogen (secondary N) is 1. The van der Waals surface area contributed by atoms with Crippen LogP contribution in [0.2, 0.25) is 0 Å². The molecule has 0 radical (unpaired) electrons. The van der Waals surface area contributed by atoms with Crippen molar-refractivity contribution < 1.29 is 0 Å². The summed E-state index contributed by atoms with van der Waals surface area (Å²) in [5.74, 6) is 2.05. The molecule has 0 aromatic carbocycles. The smallest absolute Gasteiger partial charge is 0.0221 e. The van der Waals surface area contributed by atoms with E-state index in [-0.39, 0.29) is 0 Å². The second-order valence-corrected chi connectivity index (χ2v) is 6.15. The van der Waals surface area contributed by atoms with E-state index in [4.69, 9.17) is 0 Å². The lowest BCUT2D eigenvalue weighted by Gasteiger charge is -2.35. The van der Waals surface area contributed by atoms with E-state index in [2.05, 4.69) is 31.0 Å². The van der Waals surface area contributed by atoms with Gasteiger partial charge in [0.25, 0.3) is 0 Å². The van der Waals surface area contributed by atoms with Gasteiger partial charge >= 0.3 is 0 Å². The number of likely N-dealkylation sites (N-methyl/N-ethyl adjacent to an activating group) is 1. The average Bonchev–Trinajstić information content (AvgIpc) is 3.18. The molecule has 0 aromatic heterocycles. The highest BCUT2D eigenvalue weighted by atomic mass is 15.2. The molecule has 2 fully saturated rings. The Morgan fingerprint density at radius 2 is 1.59 bits per heavy atom. The number of nitrogens with zero attached hydrogens (tertiary/aromatic N) is 1. The van der Waals surface area contributed by atoms with Gasteiger partial charge in [0, 0.05) is 25.2 Å². The standard InChI is InChI=1S/C15H30N2/c1-4-15(16-5-2)12(3)17(10-13-6-7-13)11-14-8-9-14/h12-16H,4-11H2,1-3H3. The minimum absolute atomic E-state index is 0.678. The number of hydrogen-bond acceptors (Lipinski definition) is 2. The van der Waals surface area contributed by atoms with Crippen LogP contribution in [0.1, 0.15) is 52.9 Å². The molecule has 2 heteroatoms. The topological polar surface area (TPSA) is 15.3 Å². The predicted molar refractivity (Wildman–Crippen MR) is 74.2 cm³/mol. The fourth-order valence-electron chi connectivity index (χ4n) is 2.84. The Kier molecular flexibility index (Phi) is 4.87. The zero-order chi connectivity index (χ0) is 12.3. The Hall–Kier alpha value is -0.0800. The Balaban J connectivity index is 1.85. The molecule has 2 aliphatic carbocycles. The van der Waals surface area contributed by atoms with Crippen LogP contribution in [0.15, 0.2) is 0 Å². The summed E-state index contributed by atoms with van der Waals surface area (Å²) in [6.45, 7) is 10.8. The van der Waals surface area contributed by atoms with Crippen molar-refractivity contribution in [1.29, 1.82) is 0 Å². The third-order valence-corrected chi connectivity index (χ3v) is 4.44. The Morgan fingerprint density at radius 3 is 1.94 bits per heavy atom. The third kappa shape index (κ3) is 4.26. The van der Waals surface area contributed by atoms with E-state index in [1.165, 1.54) is 45.2 Å². The van der Waals surface area contributed by atoms with Crippen LogP contribution in [-0.4, -0.2) is 36.6 Å². The summed E-state index contributed by atoms with van der Waals surface area (Å²) in [5, 5.41) is 3.66. The van der Waals surface area contributed by atoms with E-state index >= 15 is 0 Å². The maximum absolute atomic E-state index is 3.66. The summed E-state index contributed by atoms with van der Waals surface area (Å²) in [6.07, 6.45) is 7.16. The van der Waals surface area contributed by atoms with Crippen molar-refractivity contribution in [3.05, 3.63) is 0 Å². The van der Waals surface area contributed by atoms with E-state index in [1.807, 2.05) is 0 Å². The van der Waals surface area contributed by atoms with Crippen LogP contribution in [-0.2, 0) is 0 Å². The fraction of sp³-hybridized carbons (Fsp3) is 1.00. The molecule has 2 unspecified atom stereocenters. The van der Waals surface area contributed by atoms with Crippen LogP contribution in [0.25, 0.3) is 0 Å². The zero-order valence-corrected chi connectivity index (χ0v) is 11.9. The van der Waals surface area contributed by atoms with E-state index < -0.39 is 0 Å². The minimum atomic E-state index is 0.678. The summed E-state index contributed by atoms with van der Waals surface area (Å²) in [6, 6.07) is 1.39. The molecule has 0 spiro atoms. The molecule has 2 nitrogen and oxygen atoms in total. The van der Waals surface area contributed by atoms with E-state index in [1.54, 1.807) is 0 Å². The Morgan fingerprint density at radius 1 is 1.06 bits per heavy atom. The highest BCUT2D eigenvalue weighted by Gasteiger charge is 2.33. The maximum atomic E-state index is 3.66. The SMILES string of the molecule is CCNC(CC)C(C)N(CC1CC1)CC1CC1.